The minimum atomic E-state index is -0.131. The molecule has 0 rings (SSSR count). The van der Waals surface area contributed by atoms with Crippen LogP contribution < -0.4 is 0 Å². The summed E-state index contributed by atoms with van der Waals surface area (Å²) in [5.41, 5.74) is 0.392. The zero-order valence-electron chi connectivity index (χ0n) is 11.2. The van der Waals surface area contributed by atoms with Gasteiger partial charge < -0.3 is 4.74 Å². The molecule has 1 atom stereocenters. The lowest BCUT2D eigenvalue weighted by molar-refractivity contribution is -0.143. The number of unbranched alkanes of at least 4 members (excludes halogenated alkanes) is 1. The number of esters is 1. The van der Waals surface area contributed by atoms with Gasteiger partial charge in [0.05, 0.1) is 12.2 Å². The smallest absolute Gasteiger partial charge is 0.313 e. The van der Waals surface area contributed by atoms with Gasteiger partial charge in [-0.05, 0) is 24.7 Å². The highest BCUT2D eigenvalue weighted by Crippen LogP contribution is 2.23. The van der Waals surface area contributed by atoms with E-state index >= 15 is 0 Å². The number of carbonyl (C=O) groups is 1. The number of ether oxygens (including phenoxy) is 1. The SMILES string of the molecule is C=COC(=O)C(CC)CCCCC(C)(C)C. The van der Waals surface area contributed by atoms with Crippen molar-refractivity contribution in [2.24, 2.45) is 11.3 Å². The van der Waals surface area contributed by atoms with Crippen molar-refractivity contribution in [3.63, 3.8) is 0 Å². The van der Waals surface area contributed by atoms with Crippen molar-refractivity contribution >= 4 is 5.97 Å². The van der Waals surface area contributed by atoms with Crippen LogP contribution in [0.15, 0.2) is 12.8 Å². The molecule has 0 amide bonds. The predicted octanol–water partition coefficient (Wildman–Crippen LogP) is 4.31. The Morgan fingerprint density at radius 3 is 2.44 bits per heavy atom. The number of hydrogen-bond donors (Lipinski definition) is 0. The molecule has 0 saturated carbocycles. The largest absolute Gasteiger partial charge is 0.435 e. The molecule has 0 aromatic rings. The van der Waals surface area contributed by atoms with Crippen LogP contribution in [0.2, 0.25) is 0 Å². The lowest BCUT2D eigenvalue weighted by atomic mass is 9.88. The minimum absolute atomic E-state index is 0.0398. The third kappa shape index (κ3) is 7.49. The Hall–Kier alpha value is -0.790. The molecule has 0 radical (unpaired) electrons. The molecule has 0 aromatic carbocycles. The number of rotatable bonds is 7. The molecule has 0 aliphatic carbocycles. The molecule has 2 heteroatoms. The summed E-state index contributed by atoms with van der Waals surface area (Å²) in [5, 5.41) is 0. The quantitative estimate of drug-likeness (QED) is 0.367. The number of carbonyl (C=O) groups excluding carboxylic acids is 1. The predicted molar refractivity (Wildman–Crippen MR) is 68.0 cm³/mol. The molecule has 94 valence electrons. The normalized spacial score (nSPS) is 13.2. The van der Waals surface area contributed by atoms with Gasteiger partial charge in [-0.1, -0.05) is 47.1 Å². The molecule has 0 bridgehead atoms. The summed E-state index contributed by atoms with van der Waals surface area (Å²) in [6.45, 7) is 12.2. The fourth-order valence-corrected chi connectivity index (χ4v) is 1.71. The summed E-state index contributed by atoms with van der Waals surface area (Å²) in [7, 11) is 0. The highest BCUT2D eigenvalue weighted by molar-refractivity contribution is 5.72. The first-order valence-corrected chi connectivity index (χ1v) is 6.22. The lowest BCUT2D eigenvalue weighted by Crippen LogP contribution is -2.15. The van der Waals surface area contributed by atoms with Crippen LogP contribution in [0, 0.1) is 11.3 Å². The Balaban J connectivity index is 3.79. The van der Waals surface area contributed by atoms with Crippen LogP contribution in [-0.2, 0) is 9.53 Å². The molecule has 0 saturated heterocycles. The molecule has 0 N–H and O–H groups in total. The minimum Gasteiger partial charge on any atom is -0.435 e. The van der Waals surface area contributed by atoms with Gasteiger partial charge in [-0.2, -0.15) is 0 Å². The van der Waals surface area contributed by atoms with Crippen molar-refractivity contribution in [2.45, 2.75) is 59.8 Å². The average molecular weight is 226 g/mol. The molecular formula is C14H26O2. The summed E-state index contributed by atoms with van der Waals surface area (Å²) in [6, 6.07) is 0. The summed E-state index contributed by atoms with van der Waals surface area (Å²) in [4.78, 5) is 11.5. The first kappa shape index (κ1) is 15.2. The second-order valence-corrected chi connectivity index (χ2v) is 5.52. The van der Waals surface area contributed by atoms with E-state index in [9.17, 15) is 4.79 Å². The van der Waals surface area contributed by atoms with Gasteiger partial charge in [0, 0.05) is 0 Å². The molecule has 0 aliphatic heterocycles. The van der Waals surface area contributed by atoms with Crippen molar-refractivity contribution < 1.29 is 9.53 Å². The van der Waals surface area contributed by atoms with Gasteiger partial charge in [0.1, 0.15) is 0 Å². The molecule has 16 heavy (non-hydrogen) atoms. The third-order valence-electron chi connectivity index (χ3n) is 2.75. The van der Waals surface area contributed by atoms with Gasteiger partial charge in [0.25, 0.3) is 0 Å². The van der Waals surface area contributed by atoms with E-state index in [-0.39, 0.29) is 11.9 Å². The van der Waals surface area contributed by atoms with Crippen LogP contribution in [0.3, 0.4) is 0 Å². The summed E-state index contributed by atoms with van der Waals surface area (Å²) < 4.78 is 4.82. The van der Waals surface area contributed by atoms with E-state index in [4.69, 9.17) is 4.74 Å². The van der Waals surface area contributed by atoms with E-state index in [2.05, 4.69) is 27.4 Å². The zero-order valence-corrected chi connectivity index (χ0v) is 11.2. The third-order valence-corrected chi connectivity index (χ3v) is 2.75. The summed E-state index contributed by atoms with van der Waals surface area (Å²) in [6.07, 6.45) is 6.49. The van der Waals surface area contributed by atoms with Crippen LogP contribution in [0.1, 0.15) is 59.8 Å². The monoisotopic (exact) mass is 226 g/mol. The van der Waals surface area contributed by atoms with Crippen molar-refractivity contribution in [2.75, 3.05) is 0 Å². The van der Waals surface area contributed by atoms with E-state index in [1.807, 2.05) is 6.92 Å². The topological polar surface area (TPSA) is 26.3 Å². The van der Waals surface area contributed by atoms with Gasteiger partial charge in [-0.3, -0.25) is 4.79 Å². The van der Waals surface area contributed by atoms with Gasteiger partial charge in [0.15, 0.2) is 0 Å². The Bertz CT molecular complexity index is 213. The second kappa shape index (κ2) is 7.48. The lowest BCUT2D eigenvalue weighted by Gasteiger charge is -2.18. The van der Waals surface area contributed by atoms with Crippen molar-refractivity contribution in [3.8, 4) is 0 Å². The van der Waals surface area contributed by atoms with E-state index < -0.39 is 0 Å². The highest BCUT2D eigenvalue weighted by Gasteiger charge is 2.17. The second-order valence-electron chi connectivity index (χ2n) is 5.52. The highest BCUT2D eigenvalue weighted by atomic mass is 16.5. The summed E-state index contributed by atoms with van der Waals surface area (Å²) in [5.74, 6) is -0.0915. The molecular weight excluding hydrogens is 200 g/mol. The Labute approximate surface area is 100 Å². The van der Waals surface area contributed by atoms with Crippen molar-refractivity contribution in [1.82, 2.24) is 0 Å². The Morgan fingerprint density at radius 2 is 2.00 bits per heavy atom. The van der Waals surface area contributed by atoms with Crippen LogP contribution in [0.4, 0.5) is 0 Å². The average Bonchev–Trinajstić information content (AvgIpc) is 2.16. The number of hydrogen-bond acceptors (Lipinski definition) is 2. The molecule has 0 fully saturated rings. The van der Waals surface area contributed by atoms with E-state index in [1.165, 1.54) is 19.1 Å². The van der Waals surface area contributed by atoms with Crippen LogP contribution in [0.25, 0.3) is 0 Å². The maximum absolute atomic E-state index is 11.5. The molecule has 0 spiro atoms. The first-order chi connectivity index (χ1) is 7.40. The standard InChI is InChI=1S/C14H26O2/c1-6-12(13(15)16-7-2)10-8-9-11-14(3,4)5/h7,12H,2,6,8-11H2,1,3-5H3. The van der Waals surface area contributed by atoms with Gasteiger partial charge in [0.2, 0.25) is 0 Å². The maximum atomic E-state index is 11.5. The molecule has 1 unspecified atom stereocenters. The molecule has 2 nitrogen and oxygen atoms in total. The van der Waals surface area contributed by atoms with Gasteiger partial charge in [-0.15, -0.1) is 0 Å². The Morgan fingerprint density at radius 1 is 1.38 bits per heavy atom. The molecule has 0 heterocycles. The summed E-state index contributed by atoms with van der Waals surface area (Å²) >= 11 is 0. The fraction of sp³-hybridized carbons (Fsp3) is 0.786. The van der Waals surface area contributed by atoms with Crippen LogP contribution in [0.5, 0.6) is 0 Å². The van der Waals surface area contributed by atoms with Crippen LogP contribution in [-0.4, -0.2) is 5.97 Å². The van der Waals surface area contributed by atoms with Gasteiger partial charge in [-0.25, -0.2) is 0 Å². The first-order valence-electron chi connectivity index (χ1n) is 6.22. The van der Waals surface area contributed by atoms with Gasteiger partial charge >= 0.3 is 5.97 Å². The van der Waals surface area contributed by atoms with E-state index in [0.29, 0.717) is 5.41 Å². The Kier molecular flexibility index (Phi) is 7.11. The zero-order chi connectivity index (χ0) is 12.6. The van der Waals surface area contributed by atoms with Crippen LogP contribution >= 0.6 is 0 Å². The fourth-order valence-electron chi connectivity index (χ4n) is 1.71. The van der Waals surface area contributed by atoms with E-state index in [0.717, 1.165) is 19.3 Å². The maximum Gasteiger partial charge on any atom is 0.313 e. The van der Waals surface area contributed by atoms with Crippen molar-refractivity contribution in [3.05, 3.63) is 12.8 Å². The molecule has 0 aliphatic rings. The molecule has 0 aromatic heterocycles. The van der Waals surface area contributed by atoms with E-state index in [1.54, 1.807) is 0 Å². The van der Waals surface area contributed by atoms with Crippen molar-refractivity contribution in [1.29, 1.82) is 0 Å².